The fraction of sp³-hybridized carbons (Fsp3) is 0.579. The second-order valence-electron chi connectivity index (χ2n) is 14.5. The highest BCUT2D eigenvalue weighted by molar-refractivity contribution is 5.76. The number of hydrogen-bond acceptors (Lipinski definition) is 9. The van der Waals surface area contributed by atoms with Crippen LogP contribution in [0.15, 0.2) is 54.4 Å². The van der Waals surface area contributed by atoms with Crippen LogP contribution in [-0.4, -0.2) is 125 Å². The van der Waals surface area contributed by atoms with Gasteiger partial charge in [0.05, 0.1) is 12.5 Å². The zero-order valence-electron chi connectivity index (χ0n) is 30.5. The number of likely N-dealkylation sites (tertiary alicyclic amines) is 1. The molecule has 2 fully saturated rings. The third-order valence-corrected chi connectivity index (χ3v) is 10.2. The van der Waals surface area contributed by atoms with Gasteiger partial charge in [-0.2, -0.15) is 5.10 Å². The van der Waals surface area contributed by atoms with Crippen LogP contribution in [0, 0.1) is 17.7 Å². The second kappa shape index (κ2) is 17.3. The van der Waals surface area contributed by atoms with E-state index in [1.807, 2.05) is 59.2 Å². The number of rotatable bonds is 7. The van der Waals surface area contributed by atoms with E-state index in [2.05, 4.69) is 14.9 Å². The molecule has 0 radical (unpaired) electrons. The Kier molecular flexibility index (Phi) is 12.9. The number of aliphatic hydroxyl groups excluding tert-OH is 1. The summed E-state index contributed by atoms with van der Waals surface area (Å²) in [5, 5.41) is 14.8. The Hall–Kier alpha value is -4.23. The summed E-state index contributed by atoms with van der Waals surface area (Å²) < 4.78 is 28.6. The lowest BCUT2D eigenvalue weighted by Gasteiger charge is -2.36. The lowest BCUT2D eigenvalue weighted by molar-refractivity contribution is -0.151. The lowest BCUT2D eigenvalue weighted by Crippen LogP contribution is -2.49. The van der Waals surface area contributed by atoms with Crippen molar-refractivity contribution in [3.8, 4) is 0 Å². The van der Waals surface area contributed by atoms with Crippen LogP contribution in [0.3, 0.4) is 0 Å². The fourth-order valence-corrected chi connectivity index (χ4v) is 7.02. The smallest absolute Gasteiger partial charge is 0.410 e. The Balaban J connectivity index is 1.29. The Bertz CT molecular complexity index is 1560. The minimum Gasteiger partial charge on any atom is -0.457 e. The highest BCUT2D eigenvalue weighted by Gasteiger charge is 2.32. The van der Waals surface area contributed by atoms with Crippen molar-refractivity contribution in [1.82, 2.24) is 24.5 Å². The van der Waals surface area contributed by atoms with E-state index in [1.54, 1.807) is 32.9 Å². The van der Waals surface area contributed by atoms with E-state index in [9.17, 15) is 19.5 Å². The van der Waals surface area contributed by atoms with Crippen molar-refractivity contribution in [3.63, 3.8) is 0 Å². The number of aliphatic hydroxyl groups is 1. The Morgan fingerprint density at radius 3 is 2.51 bits per heavy atom. The molecule has 3 aliphatic rings. The molecular formula is C38H53FN6O6. The normalized spacial score (nSPS) is 27.5. The van der Waals surface area contributed by atoms with Crippen molar-refractivity contribution < 1.29 is 33.4 Å². The van der Waals surface area contributed by atoms with Gasteiger partial charge in [0.25, 0.3) is 0 Å². The first-order valence-corrected chi connectivity index (χ1v) is 18.0. The number of cyclic esters (lactones) is 1. The highest BCUT2D eigenvalue weighted by atomic mass is 19.1. The van der Waals surface area contributed by atoms with E-state index >= 15 is 4.39 Å². The van der Waals surface area contributed by atoms with E-state index in [-0.39, 0.29) is 42.8 Å². The van der Waals surface area contributed by atoms with Gasteiger partial charge in [-0.15, -0.1) is 0 Å². The molecule has 13 heteroatoms. The number of likely N-dealkylation sites (N-methyl/N-ethyl adjacent to an activating group) is 1. The number of carbonyl (C=O) groups is 3. The minimum absolute atomic E-state index is 0.0113. The number of carbonyl (C=O) groups excluding carboxylic acids is 3. The van der Waals surface area contributed by atoms with Gasteiger partial charge in [0.2, 0.25) is 5.91 Å². The molecule has 0 bridgehead atoms. The molecule has 6 atom stereocenters. The van der Waals surface area contributed by atoms with E-state index in [4.69, 9.17) is 9.47 Å². The summed E-state index contributed by atoms with van der Waals surface area (Å²) in [6.07, 6.45) is 8.16. The molecule has 278 valence electrons. The standard InChI is InChI=1S/C38H53FN6O6/c1-26-7-9-33(46)23-36(48)51-37(27(2)8-10-34(26)50-38(49)44-14-11-31(24-44)41(4)5)28(3)19-29-20-30(39)22-32(21-29)42-15-17-43(18-16-42)35(47)25-45-13-6-12-40-45/h6,8,10,12-13,19-22,26-27,31,33-34,37,46H,7,9,11,14-18,23-25H2,1-5H3/b10-8-,28-19+/t26-,27-,31+,33+,34-,37-/m0/s1. The van der Waals surface area contributed by atoms with E-state index in [1.165, 1.54) is 12.1 Å². The molecule has 0 saturated carbocycles. The van der Waals surface area contributed by atoms with Crippen molar-refractivity contribution in [3.05, 3.63) is 65.8 Å². The molecular weight excluding hydrogens is 655 g/mol. The third kappa shape index (κ3) is 10.4. The van der Waals surface area contributed by atoms with Crippen LogP contribution >= 0.6 is 0 Å². The topological polar surface area (TPSA) is 121 Å². The van der Waals surface area contributed by atoms with Gasteiger partial charge in [0, 0.05) is 69.3 Å². The number of aromatic nitrogens is 2. The maximum atomic E-state index is 15.0. The second-order valence-corrected chi connectivity index (χ2v) is 14.5. The molecule has 5 rings (SSSR count). The maximum Gasteiger partial charge on any atom is 0.410 e. The van der Waals surface area contributed by atoms with Crippen molar-refractivity contribution >= 4 is 29.7 Å². The number of hydrogen-bond donors (Lipinski definition) is 1. The zero-order chi connectivity index (χ0) is 36.7. The van der Waals surface area contributed by atoms with Crippen LogP contribution < -0.4 is 4.90 Å². The van der Waals surface area contributed by atoms with E-state index < -0.39 is 30.1 Å². The molecule has 2 saturated heterocycles. The quantitative estimate of drug-likeness (QED) is 0.334. The predicted molar refractivity (Wildman–Crippen MR) is 192 cm³/mol. The average Bonchev–Trinajstić information content (AvgIpc) is 3.80. The third-order valence-electron chi connectivity index (χ3n) is 10.2. The summed E-state index contributed by atoms with van der Waals surface area (Å²) in [5.41, 5.74) is 2.01. The fourth-order valence-electron chi connectivity index (χ4n) is 7.02. The Morgan fingerprint density at radius 2 is 1.82 bits per heavy atom. The first-order valence-electron chi connectivity index (χ1n) is 18.0. The summed E-state index contributed by atoms with van der Waals surface area (Å²) in [7, 11) is 4.02. The molecule has 1 N–H and O–H groups in total. The summed E-state index contributed by atoms with van der Waals surface area (Å²) in [5.74, 6) is -1.33. The maximum absolute atomic E-state index is 15.0. The number of anilines is 1. The van der Waals surface area contributed by atoms with Crippen LogP contribution in [0.1, 0.15) is 52.0 Å². The van der Waals surface area contributed by atoms with E-state index in [0.29, 0.717) is 68.9 Å². The number of nitrogens with zero attached hydrogens (tertiary/aromatic N) is 6. The predicted octanol–water partition coefficient (Wildman–Crippen LogP) is 4.20. The molecule has 2 aromatic rings. The number of ether oxygens (including phenoxy) is 2. The number of halogens is 1. The van der Waals surface area contributed by atoms with Crippen LogP contribution in [0.4, 0.5) is 14.9 Å². The van der Waals surface area contributed by atoms with Crippen LogP contribution in [0.2, 0.25) is 0 Å². The number of benzene rings is 1. The van der Waals surface area contributed by atoms with Gasteiger partial charge in [0.15, 0.2) is 0 Å². The van der Waals surface area contributed by atoms with Gasteiger partial charge in [-0.1, -0.05) is 26.0 Å². The van der Waals surface area contributed by atoms with Gasteiger partial charge in [-0.3, -0.25) is 14.3 Å². The van der Waals surface area contributed by atoms with Crippen LogP contribution in [0.25, 0.3) is 6.08 Å². The first kappa shape index (κ1) is 38.0. The number of amides is 2. The molecule has 2 amide bonds. The molecule has 3 aliphatic heterocycles. The monoisotopic (exact) mass is 708 g/mol. The molecule has 0 spiro atoms. The molecule has 12 nitrogen and oxygen atoms in total. The first-order chi connectivity index (χ1) is 24.4. The SMILES string of the molecule is C/C(=C\c1cc(F)cc(N2CCN(C(=O)Cn3cccn3)CC2)c1)[C@H]1OC(=O)C[C@H](O)CC[C@H](C)[C@@H](OC(=O)N2CC[C@@H](N(C)C)C2)/C=C\[C@@H]1C. The number of piperazine rings is 1. The molecule has 1 aromatic carbocycles. The molecule has 0 unspecified atom stereocenters. The highest BCUT2D eigenvalue weighted by Crippen LogP contribution is 2.28. The molecule has 0 aliphatic carbocycles. The van der Waals surface area contributed by atoms with Crippen molar-refractivity contribution in [2.24, 2.45) is 11.8 Å². The van der Waals surface area contributed by atoms with Crippen molar-refractivity contribution in [2.75, 3.05) is 58.3 Å². The number of esters is 1. The minimum atomic E-state index is -0.897. The van der Waals surface area contributed by atoms with Gasteiger partial charge in [-0.25, -0.2) is 9.18 Å². The summed E-state index contributed by atoms with van der Waals surface area (Å²) in [6, 6.07) is 6.89. The van der Waals surface area contributed by atoms with Crippen LogP contribution in [0.5, 0.6) is 0 Å². The Labute approximate surface area is 300 Å². The van der Waals surface area contributed by atoms with Gasteiger partial charge in [-0.05, 0) is 87.7 Å². The van der Waals surface area contributed by atoms with Gasteiger partial charge in [0.1, 0.15) is 24.6 Å². The largest absolute Gasteiger partial charge is 0.457 e. The zero-order valence-corrected chi connectivity index (χ0v) is 30.5. The molecule has 1 aromatic heterocycles. The van der Waals surface area contributed by atoms with Crippen molar-refractivity contribution in [2.45, 2.75) is 77.4 Å². The lowest BCUT2D eigenvalue weighted by atomic mass is 9.91. The summed E-state index contributed by atoms with van der Waals surface area (Å²) in [6.45, 7) is 9.30. The van der Waals surface area contributed by atoms with Gasteiger partial charge >= 0.3 is 12.1 Å². The van der Waals surface area contributed by atoms with Gasteiger partial charge < -0.3 is 34.2 Å². The molecule has 4 heterocycles. The van der Waals surface area contributed by atoms with E-state index in [0.717, 1.165) is 6.42 Å². The Morgan fingerprint density at radius 1 is 1.06 bits per heavy atom. The summed E-state index contributed by atoms with van der Waals surface area (Å²) in [4.78, 5) is 46.7. The van der Waals surface area contributed by atoms with Crippen molar-refractivity contribution in [1.29, 1.82) is 0 Å². The summed E-state index contributed by atoms with van der Waals surface area (Å²) >= 11 is 0. The molecule has 51 heavy (non-hydrogen) atoms. The average molecular weight is 709 g/mol. The van der Waals surface area contributed by atoms with Crippen LogP contribution in [-0.2, 0) is 25.6 Å².